The van der Waals surface area contributed by atoms with Gasteiger partial charge in [-0.25, -0.2) is 0 Å². The fourth-order valence-electron chi connectivity index (χ4n) is 1.33. The van der Waals surface area contributed by atoms with E-state index in [1.807, 2.05) is 30.3 Å². The van der Waals surface area contributed by atoms with Crippen LogP contribution in [0.1, 0.15) is 0 Å². The lowest BCUT2D eigenvalue weighted by Crippen LogP contribution is -2.32. The van der Waals surface area contributed by atoms with Gasteiger partial charge in [0.2, 0.25) is 0 Å². The molecule has 1 unspecified atom stereocenters. The van der Waals surface area contributed by atoms with Crippen molar-refractivity contribution in [1.82, 2.24) is 0 Å². The second-order valence-corrected chi connectivity index (χ2v) is 3.38. The lowest BCUT2D eigenvalue weighted by molar-refractivity contribution is 0.263. The molecule has 0 amide bonds. The van der Waals surface area contributed by atoms with E-state index >= 15 is 0 Å². The molecule has 1 aliphatic heterocycles. The standard InChI is InChI=1S/C9H11BO2S/c13-7-9-6-11-10(12-9)8-4-2-1-3-5-8/h1-5,9,13H,6-7H2. The molecule has 1 aromatic rings. The molecule has 1 aromatic carbocycles. The van der Waals surface area contributed by atoms with Gasteiger partial charge in [-0.3, -0.25) is 0 Å². The maximum Gasteiger partial charge on any atom is 0.494 e. The van der Waals surface area contributed by atoms with Gasteiger partial charge in [-0.2, -0.15) is 12.6 Å². The van der Waals surface area contributed by atoms with Gasteiger partial charge in [-0.1, -0.05) is 30.3 Å². The van der Waals surface area contributed by atoms with E-state index in [0.717, 1.165) is 5.46 Å². The van der Waals surface area contributed by atoms with Crippen LogP contribution in [0.2, 0.25) is 0 Å². The molecule has 13 heavy (non-hydrogen) atoms. The van der Waals surface area contributed by atoms with Crippen LogP contribution in [-0.2, 0) is 9.31 Å². The second-order valence-electron chi connectivity index (χ2n) is 3.02. The van der Waals surface area contributed by atoms with Gasteiger partial charge in [0, 0.05) is 5.75 Å². The van der Waals surface area contributed by atoms with Crippen molar-refractivity contribution in [3.05, 3.63) is 30.3 Å². The lowest BCUT2D eigenvalue weighted by atomic mass is 9.80. The highest BCUT2D eigenvalue weighted by molar-refractivity contribution is 7.80. The van der Waals surface area contributed by atoms with E-state index in [-0.39, 0.29) is 13.2 Å². The van der Waals surface area contributed by atoms with Crippen molar-refractivity contribution < 1.29 is 9.31 Å². The molecule has 0 aromatic heterocycles. The third-order valence-electron chi connectivity index (χ3n) is 2.02. The van der Waals surface area contributed by atoms with Gasteiger partial charge in [0.15, 0.2) is 0 Å². The van der Waals surface area contributed by atoms with E-state index in [9.17, 15) is 0 Å². The summed E-state index contributed by atoms with van der Waals surface area (Å²) in [4.78, 5) is 0. The van der Waals surface area contributed by atoms with Crippen molar-refractivity contribution in [3.8, 4) is 0 Å². The fraction of sp³-hybridized carbons (Fsp3) is 0.333. The normalized spacial score (nSPS) is 22.2. The van der Waals surface area contributed by atoms with E-state index in [4.69, 9.17) is 9.31 Å². The van der Waals surface area contributed by atoms with Crippen molar-refractivity contribution in [2.45, 2.75) is 6.10 Å². The average molecular weight is 194 g/mol. The highest BCUT2D eigenvalue weighted by Crippen LogP contribution is 2.09. The van der Waals surface area contributed by atoms with Gasteiger partial charge in [0.25, 0.3) is 0 Å². The topological polar surface area (TPSA) is 18.5 Å². The molecule has 0 aliphatic carbocycles. The second kappa shape index (κ2) is 4.18. The van der Waals surface area contributed by atoms with Gasteiger partial charge >= 0.3 is 7.12 Å². The molecule has 1 aliphatic rings. The highest BCUT2D eigenvalue weighted by Gasteiger charge is 2.31. The summed E-state index contributed by atoms with van der Waals surface area (Å²) in [7, 11) is -0.196. The van der Waals surface area contributed by atoms with Crippen molar-refractivity contribution >= 4 is 25.2 Å². The Kier molecular flexibility index (Phi) is 2.93. The number of thiol groups is 1. The van der Waals surface area contributed by atoms with Crippen molar-refractivity contribution in [2.75, 3.05) is 12.4 Å². The number of hydrogen-bond donors (Lipinski definition) is 1. The molecule has 4 heteroatoms. The summed E-state index contributed by atoms with van der Waals surface area (Å²) in [5, 5.41) is 0. The third-order valence-corrected chi connectivity index (χ3v) is 2.43. The Balaban J connectivity index is 2.04. The monoisotopic (exact) mass is 194 g/mol. The van der Waals surface area contributed by atoms with Crippen LogP contribution in [0.5, 0.6) is 0 Å². The van der Waals surface area contributed by atoms with Gasteiger partial charge in [-0.05, 0) is 5.46 Å². The molecule has 0 bridgehead atoms. The van der Waals surface area contributed by atoms with Crippen molar-refractivity contribution in [3.63, 3.8) is 0 Å². The maximum absolute atomic E-state index is 5.60. The zero-order chi connectivity index (χ0) is 9.10. The average Bonchev–Trinajstić information content (AvgIpc) is 2.67. The molecule has 1 saturated heterocycles. The minimum absolute atomic E-state index is 0.133. The van der Waals surface area contributed by atoms with Crippen LogP contribution in [0.4, 0.5) is 0 Å². The molecule has 1 fully saturated rings. The molecule has 0 spiro atoms. The number of benzene rings is 1. The predicted molar refractivity (Wildman–Crippen MR) is 56.5 cm³/mol. The first-order valence-corrected chi connectivity index (χ1v) is 4.96. The minimum atomic E-state index is -0.196. The van der Waals surface area contributed by atoms with Crippen LogP contribution in [0.25, 0.3) is 0 Å². The van der Waals surface area contributed by atoms with E-state index in [0.29, 0.717) is 12.4 Å². The molecule has 0 N–H and O–H groups in total. The Morgan fingerprint density at radius 2 is 2.15 bits per heavy atom. The molecular formula is C9H11BO2S. The van der Waals surface area contributed by atoms with E-state index in [1.54, 1.807) is 0 Å². The quantitative estimate of drug-likeness (QED) is 0.552. The van der Waals surface area contributed by atoms with Crippen LogP contribution in [0.3, 0.4) is 0 Å². The molecule has 68 valence electrons. The first-order valence-electron chi connectivity index (χ1n) is 4.33. The Bertz CT molecular complexity index is 268. The molecule has 0 radical (unpaired) electrons. The first-order chi connectivity index (χ1) is 6.40. The zero-order valence-corrected chi connectivity index (χ0v) is 8.11. The summed E-state index contributed by atoms with van der Waals surface area (Å²) in [5.41, 5.74) is 1.08. The van der Waals surface area contributed by atoms with Gasteiger partial charge in [0.1, 0.15) is 0 Å². The summed E-state index contributed by atoms with van der Waals surface area (Å²) in [5.74, 6) is 0.712. The Morgan fingerprint density at radius 1 is 1.38 bits per heavy atom. The Morgan fingerprint density at radius 3 is 2.77 bits per heavy atom. The Labute approximate surface area is 83.8 Å². The first kappa shape index (κ1) is 9.12. The summed E-state index contributed by atoms with van der Waals surface area (Å²) < 4.78 is 11.1. The predicted octanol–water partition coefficient (Wildman–Crippen LogP) is 0.727. The summed E-state index contributed by atoms with van der Waals surface area (Å²) >= 11 is 4.16. The van der Waals surface area contributed by atoms with Gasteiger partial charge in [0.05, 0.1) is 12.7 Å². The number of rotatable bonds is 2. The largest absolute Gasteiger partial charge is 0.494 e. The summed E-state index contributed by atoms with van der Waals surface area (Å²) in [6.07, 6.45) is 0.133. The van der Waals surface area contributed by atoms with Crippen LogP contribution in [0.15, 0.2) is 30.3 Å². The summed E-state index contributed by atoms with van der Waals surface area (Å²) in [6.45, 7) is 0.642. The Hall–Kier alpha value is -0.445. The lowest BCUT2D eigenvalue weighted by Gasteiger charge is -2.05. The molecule has 1 heterocycles. The molecular weight excluding hydrogens is 183 g/mol. The molecule has 1 atom stereocenters. The van der Waals surface area contributed by atoms with E-state index < -0.39 is 0 Å². The zero-order valence-electron chi connectivity index (χ0n) is 7.22. The van der Waals surface area contributed by atoms with Crippen molar-refractivity contribution in [1.29, 1.82) is 0 Å². The third kappa shape index (κ3) is 2.07. The van der Waals surface area contributed by atoms with Gasteiger partial charge in [-0.15, -0.1) is 0 Å². The van der Waals surface area contributed by atoms with Crippen LogP contribution in [-0.4, -0.2) is 25.6 Å². The van der Waals surface area contributed by atoms with E-state index in [1.165, 1.54) is 0 Å². The minimum Gasteiger partial charge on any atom is -0.405 e. The summed E-state index contributed by atoms with van der Waals surface area (Å²) in [6, 6.07) is 9.96. The van der Waals surface area contributed by atoms with Gasteiger partial charge < -0.3 is 9.31 Å². The smallest absolute Gasteiger partial charge is 0.405 e. The van der Waals surface area contributed by atoms with E-state index in [2.05, 4.69) is 12.6 Å². The van der Waals surface area contributed by atoms with Crippen LogP contribution in [0, 0.1) is 0 Å². The fourth-order valence-corrected chi connectivity index (χ4v) is 1.52. The van der Waals surface area contributed by atoms with Crippen LogP contribution >= 0.6 is 12.6 Å². The van der Waals surface area contributed by atoms with Crippen LogP contribution < -0.4 is 5.46 Å². The van der Waals surface area contributed by atoms with Crippen molar-refractivity contribution in [2.24, 2.45) is 0 Å². The maximum atomic E-state index is 5.60. The SMILES string of the molecule is SCC1COB(c2ccccc2)O1. The molecule has 2 nitrogen and oxygen atoms in total. The molecule has 2 rings (SSSR count). The highest BCUT2D eigenvalue weighted by atomic mass is 32.1. The number of hydrogen-bond acceptors (Lipinski definition) is 3. The molecule has 0 saturated carbocycles.